The van der Waals surface area contributed by atoms with E-state index in [0.29, 0.717) is 0 Å². The number of rotatable bonds is 15. The fourth-order valence-corrected chi connectivity index (χ4v) is 40.8. The second kappa shape index (κ2) is 31.6. The van der Waals surface area contributed by atoms with Crippen molar-refractivity contribution in [1.29, 1.82) is 0 Å². The third-order valence-electron chi connectivity index (χ3n) is 13.3. The van der Waals surface area contributed by atoms with E-state index in [1.807, 2.05) is 0 Å². The molecular formula is C40H123N15Si9. The molecule has 1 aliphatic heterocycles. The standard InChI is InChI=1S/C10H28N2Si2.C7H21N3Si.C6H21N3Si3.C6H19N3Si.C6H18N2Si.C5H16N2Si/c1-11(2)13(5,6)9-10-14(7,8)12(3)4;1-8(2)11(7,9(3)4)10(5)6;1-10(2)7-11(3,4)9-12(5,6)8-10;1-7(2)10(8(3)4)9(5)6;1-7(2)9(5,6)8(3)4;1-6(2)8(5)7(3)4/h9-10H2,1-8H3;1-7H3;7-9H,1-6H3;10H,1-6H3;1-6H3;8H,1-5H3. The molecule has 0 bridgehead atoms. The van der Waals surface area contributed by atoms with Crippen LogP contribution in [0.4, 0.5) is 0 Å². The molecule has 0 aromatic rings. The van der Waals surface area contributed by atoms with Gasteiger partial charge in [0.2, 0.25) is 0 Å². The van der Waals surface area contributed by atoms with Crippen molar-refractivity contribution in [2.24, 2.45) is 0 Å². The normalized spacial score (nSPS) is 16.7. The Hall–Kier alpha value is 1.35. The van der Waals surface area contributed by atoms with Gasteiger partial charge in [-0.15, -0.1) is 0 Å². The first kappa shape index (κ1) is 74.3. The van der Waals surface area contributed by atoms with E-state index in [9.17, 15) is 0 Å². The summed E-state index contributed by atoms with van der Waals surface area (Å²) in [7, 11) is 41.3. The Morgan fingerprint density at radius 3 is 0.594 bits per heavy atom. The van der Waals surface area contributed by atoms with Gasteiger partial charge in [-0.3, -0.25) is 0 Å². The molecule has 3 N–H and O–H groups in total. The maximum Gasteiger partial charge on any atom is 0.285 e. The highest BCUT2D eigenvalue weighted by Gasteiger charge is 2.44. The van der Waals surface area contributed by atoms with Gasteiger partial charge in [-0.1, -0.05) is 26.2 Å². The van der Waals surface area contributed by atoms with Gasteiger partial charge in [0.15, 0.2) is 42.7 Å². The Kier molecular flexibility index (Phi) is 36.7. The maximum atomic E-state index is 3.78. The molecule has 0 saturated carbocycles. The SMILES string of the molecule is CN(C)[SiH](C)N(C)C.CN(C)[SiH](N(C)C)N(C)C.CN(C)[Si](C)(C)CC[Si](C)(C)N(C)C.CN(C)[Si](C)(C)N(C)C.CN(C)[Si](C)(N(C)C)N(C)C.C[Si]1(C)N[Si](C)(C)N[Si](C)(C)N1. The number of hydrogen-bond donors (Lipinski definition) is 3. The Labute approximate surface area is 416 Å². The maximum absolute atomic E-state index is 3.78. The van der Waals surface area contributed by atoms with Crippen LogP contribution in [0.5, 0.6) is 0 Å². The van der Waals surface area contributed by atoms with Gasteiger partial charge >= 0.3 is 0 Å². The molecule has 1 aliphatic rings. The highest BCUT2D eigenvalue weighted by molar-refractivity contribution is 7.04. The van der Waals surface area contributed by atoms with E-state index in [0.717, 1.165) is 0 Å². The second-order valence-electron chi connectivity index (χ2n) is 23.9. The Morgan fingerprint density at radius 2 is 0.531 bits per heavy atom. The van der Waals surface area contributed by atoms with Gasteiger partial charge < -0.3 is 68.7 Å². The van der Waals surface area contributed by atoms with Gasteiger partial charge in [0.1, 0.15) is 16.5 Å². The molecule has 1 heterocycles. The molecule has 0 aromatic heterocycles. The summed E-state index contributed by atoms with van der Waals surface area (Å²) >= 11 is 0. The molecule has 15 nitrogen and oxygen atoms in total. The molecule has 1 rings (SSSR count). The average Bonchev–Trinajstić information content (AvgIpc) is 3.04. The van der Waals surface area contributed by atoms with Gasteiger partial charge in [-0.05, 0) is 247 Å². The zero-order chi connectivity index (χ0) is 53.1. The van der Waals surface area contributed by atoms with Crippen molar-refractivity contribution in [3.05, 3.63) is 0 Å². The highest BCUT2D eigenvalue weighted by atomic mass is 28.5. The summed E-state index contributed by atoms with van der Waals surface area (Å²) in [6.07, 6.45) is 0. The van der Waals surface area contributed by atoms with Gasteiger partial charge in [0, 0.05) is 0 Å². The lowest BCUT2D eigenvalue weighted by molar-refractivity contribution is 0.387. The van der Waals surface area contributed by atoms with Crippen LogP contribution in [-0.4, -0.2) is 301 Å². The van der Waals surface area contributed by atoms with Crippen molar-refractivity contribution < 1.29 is 0 Å². The summed E-state index contributed by atoms with van der Waals surface area (Å²) in [6.45, 7) is 33.3. The minimum atomic E-state index is -1.48. The molecule has 24 heteroatoms. The third kappa shape index (κ3) is 31.6. The van der Waals surface area contributed by atoms with Crippen LogP contribution in [0.2, 0.25) is 104 Å². The van der Waals surface area contributed by atoms with E-state index in [2.05, 4.69) is 330 Å². The van der Waals surface area contributed by atoms with Crippen LogP contribution in [0, 0.1) is 0 Å². The molecule has 1 saturated heterocycles. The second-order valence-corrected chi connectivity index (χ2v) is 63.2. The Morgan fingerprint density at radius 1 is 0.328 bits per heavy atom. The number of hydrogen-bond acceptors (Lipinski definition) is 15. The van der Waals surface area contributed by atoms with Gasteiger partial charge in [0.25, 0.3) is 17.8 Å². The molecule has 0 atom stereocenters. The molecule has 0 spiro atoms. The largest absolute Gasteiger partial charge is 0.336 e. The first-order valence-electron chi connectivity index (χ1n) is 23.4. The highest BCUT2D eigenvalue weighted by Crippen LogP contribution is 2.22. The first-order chi connectivity index (χ1) is 27.9. The Balaban J connectivity index is -0.000000220. The van der Waals surface area contributed by atoms with Crippen molar-refractivity contribution in [2.45, 2.75) is 104 Å². The van der Waals surface area contributed by atoms with Crippen molar-refractivity contribution in [3.63, 3.8) is 0 Å². The fourth-order valence-electron chi connectivity index (χ4n) is 6.94. The predicted molar refractivity (Wildman–Crippen MR) is 320 cm³/mol. The van der Waals surface area contributed by atoms with Crippen LogP contribution in [0.15, 0.2) is 0 Å². The summed E-state index contributed by atoms with van der Waals surface area (Å²) in [4.78, 5) is 0. The molecule has 1 fully saturated rings. The molecule has 0 amide bonds. The summed E-state index contributed by atoms with van der Waals surface area (Å²) in [5, 5.41) is 0. The molecule has 394 valence electrons. The van der Waals surface area contributed by atoms with Crippen molar-refractivity contribution in [3.8, 4) is 0 Å². The minimum Gasteiger partial charge on any atom is -0.336 e. The number of nitrogens with one attached hydrogen (secondary N) is 3. The van der Waals surface area contributed by atoms with Crippen LogP contribution >= 0.6 is 0 Å². The van der Waals surface area contributed by atoms with Crippen LogP contribution in [0.3, 0.4) is 0 Å². The van der Waals surface area contributed by atoms with E-state index in [-0.39, 0.29) is 0 Å². The zero-order valence-electron chi connectivity index (χ0n) is 50.9. The van der Waals surface area contributed by atoms with Crippen molar-refractivity contribution >= 4 is 77.0 Å². The molecule has 0 unspecified atom stereocenters. The lowest BCUT2D eigenvalue weighted by Gasteiger charge is -2.49. The molecular weight excluding hydrogens is 943 g/mol. The van der Waals surface area contributed by atoms with Crippen LogP contribution in [0.1, 0.15) is 0 Å². The van der Waals surface area contributed by atoms with Crippen LogP contribution in [-0.2, 0) is 0 Å². The summed E-state index contributed by atoms with van der Waals surface area (Å²) in [6, 6.07) is 2.86. The number of nitrogens with zero attached hydrogens (tertiary/aromatic N) is 12. The summed E-state index contributed by atoms with van der Waals surface area (Å²) in [5.74, 6) is 0. The average molecular weight is 1070 g/mol. The van der Waals surface area contributed by atoms with Crippen LogP contribution < -0.4 is 13.9 Å². The van der Waals surface area contributed by atoms with E-state index < -0.39 is 77.0 Å². The smallest absolute Gasteiger partial charge is 0.285 e. The predicted octanol–water partition coefficient (Wildman–Crippen LogP) is 3.79. The van der Waals surface area contributed by atoms with Crippen molar-refractivity contribution in [1.82, 2.24) is 68.7 Å². The molecule has 0 aromatic carbocycles. The summed E-state index contributed by atoms with van der Waals surface area (Å²) in [5.41, 5.74) is 0. The van der Waals surface area contributed by atoms with Crippen molar-refractivity contribution in [2.75, 3.05) is 169 Å². The lowest BCUT2D eigenvalue weighted by atomic mass is 10.9. The van der Waals surface area contributed by atoms with Gasteiger partial charge in [-0.25, -0.2) is 0 Å². The Bertz CT molecular complexity index is 1060. The van der Waals surface area contributed by atoms with E-state index >= 15 is 0 Å². The fraction of sp³-hybridized carbons (Fsp3) is 1.00. The van der Waals surface area contributed by atoms with E-state index in [1.165, 1.54) is 12.1 Å². The first-order valence-corrected chi connectivity index (χ1v) is 47.7. The topological polar surface area (TPSA) is 75.0 Å². The summed E-state index contributed by atoms with van der Waals surface area (Å²) < 4.78 is 39.4. The van der Waals surface area contributed by atoms with Gasteiger partial charge in [-0.2, -0.15) is 0 Å². The zero-order valence-corrected chi connectivity index (χ0v) is 60.2. The quantitative estimate of drug-likeness (QED) is 0.209. The monoisotopic (exact) mass is 1070 g/mol. The lowest BCUT2D eigenvalue weighted by Crippen LogP contribution is -2.87. The van der Waals surface area contributed by atoms with Gasteiger partial charge in [0.05, 0.1) is 0 Å². The minimum absolute atomic E-state index is 0.682. The molecule has 0 aliphatic carbocycles. The van der Waals surface area contributed by atoms with E-state index in [1.54, 1.807) is 0 Å². The molecule has 64 heavy (non-hydrogen) atoms. The van der Waals surface area contributed by atoms with E-state index in [4.69, 9.17) is 0 Å². The molecule has 0 radical (unpaired) electrons. The van der Waals surface area contributed by atoms with Crippen LogP contribution in [0.25, 0.3) is 0 Å². The third-order valence-corrected chi connectivity index (χ3v) is 51.8.